The van der Waals surface area contributed by atoms with Gasteiger partial charge in [0.2, 0.25) is 0 Å². The normalized spacial score (nSPS) is 21.2. The maximum atomic E-state index is 13.3. The van der Waals surface area contributed by atoms with E-state index in [-0.39, 0.29) is 17.6 Å². The Labute approximate surface area is 177 Å². The lowest BCUT2D eigenvalue weighted by Gasteiger charge is -2.39. The second-order valence-corrected chi connectivity index (χ2v) is 8.55. The molecule has 3 heterocycles. The van der Waals surface area contributed by atoms with Crippen LogP contribution in [0.2, 0.25) is 0 Å². The summed E-state index contributed by atoms with van der Waals surface area (Å²) in [6.45, 7) is 8.52. The first kappa shape index (κ1) is 21.0. The van der Waals surface area contributed by atoms with Gasteiger partial charge in [0.1, 0.15) is 5.82 Å². The molecular formula is C23H31FN4O2. The van der Waals surface area contributed by atoms with E-state index in [1.807, 2.05) is 4.68 Å². The van der Waals surface area contributed by atoms with Crippen LogP contribution in [0.25, 0.3) is 0 Å². The SMILES string of the molecule is CCn1cc(CN2CCC3(CCC(CNC(=O)c4cccc(F)c4)O3)CC2)c(C)n1. The standard InChI is InChI=1S/C23H31FN4O2/c1-3-28-16-19(17(2)26-28)15-27-11-9-23(10-12-27)8-7-21(30-23)14-25-22(29)18-5-4-6-20(24)13-18/h4-6,13,16,21H,3,7-12,14-15H2,1-2H3,(H,25,29). The summed E-state index contributed by atoms with van der Waals surface area (Å²) in [6.07, 6.45) is 6.20. The molecule has 1 aromatic heterocycles. The summed E-state index contributed by atoms with van der Waals surface area (Å²) < 4.78 is 21.7. The highest BCUT2D eigenvalue weighted by Crippen LogP contribution is 2.39. The average molecular weight is 415 g/mol. The number of aryl methyl sites for hydroxylation is 2. The molecule has 1 unspecified atom stereocenters. The van der Waals surface area contributed by atoms with Crippen molar-refractivity contribution in [3.05, 3.63) is 53.1 Å². The van der Waals surface area contributed by atoms with Gasteiger partial charge in [0, 0.05) is 50.0 Å². The van der Waals surface area contributed by atoms with Gasteiger partial charge in [-0.1, -0.05) is 6.07 Å². The molecule has 2 aliphatic heterocycles. The fraction of sp³-hybridized carbons (Fsp3) is 0.565. The molecule has 0 aliphatic carbocycles. The molecule has 4 rings (SSSR count). The monoisotopic (exact) mass is 414 g/mol. The van der Waals surface area contributed by atoms with E-state index in [1.54, 1.807) is 12.1 Å². The van der Waals surface area contributed by atoms with E-state index in [9.17, 15) is 9.18 Å². The number of benzene rings is 1. The smallest absolute Gasteiger partial charge is 0.251 e. The van der Waals surface area contributed by atoms with Crippen LogP contribution in [0.3, 0.4) is 0 Å². The highest BCUT2D eigenvalue weighted by molar-refractivity contribution is 5.94. The van der Waals surface area contributed by atoms with Crippen LogP contribution >= 0.6 is 0 Å². The van der Waals surface area contributed by atoms with E-state index in [0.29, 0.717) is 12.1 Å². The lowest BCUT2D eigenvalue weighted by Crippen LogP contribution is -2.44. The van der Waals surface area contributed by atoms with Crippen LogP contribution in [0.4, 0.5) is 4.39 Å². The number of aromatic nitrogens is 2. The molecule has 1 amide bonds. The Balaban J connectivity index is 1.24. The predicted octanol–water partition coefficient (Wildman–Crippen LogP) is 3.29. The number of nitrogens with one attached hydrogen (secondary N) is 1. The minimum atomic E-state index is -0.400. The number of hydrogen-bond donors (Lipinski definition) is 1. The summed E-state index contributed by atoms with van der Waals surface area (Å²) >= 11 is 0. The van der Waals surface area contributed by atoms with Crippen LogP contribution in [0.15, 0.2) is 30.5 Å². The first-order valence-electron chi connectivity index (χ1n) is 10.9. The quantitative estimate of drug-likeness (QED) is 0.788. The van der Waals surface area contributed by atoms with Gasteiger partial charge in [0.15, 0.2) is 0 Å². The Kier molecular flexibility index (Phi) is 6.20. The molecule has 30 heavy (non-hydrogen) atoms. The summed E-state index contributed by atoms with van der Waals surface area (Å²) in [5, 5.41) is 7.44. The maximum Gasteiger partial charge on any atom is 0.251 e. The molecule has 2 aromatic rings. The Morgan fingerprint density at radius 1 is 1.33 bits per heavy atom. The number of piperidine rings is 1. The van der Waals surface area contributed by atoms with Crippen molar-refractivity contribution in [3.63, 3.8) is 0 Å². The summed E-state index contributed by atoms with van der Waals surface area (Å²) in [4.78, 5) is 14.7. The molecule has 1 aromatic carbocycles. The maximum absolute atomic E-state index is 13.3. The van der Waals surface area contributed by atoms with Crippen molar-refractivity contribution in [2.24, 2.45) is 0 Å². The largest absolute Gasteiger partial charge is 0.370 e. The number of carbonyl (C=O) groups excluding carboxylic acids is 1. The van der Waals surface area contributed by atoms with Crippen LogP contribution < -0.4 is 5.32 Å². The minimum Gasteiger partial charge on any atom is -0.370 e. The molecule has 0 saturated carbocycles. The van der Waals surface area contributed by atoms with E-state index in [4.69, 9.17) is 4.74 Å². The highest BCUT2D eigenvalue weighted by atomic mass is 19.1. The van der Waals surface area contributed by atoms with Gasteiger partial charge in [0.05, 0.1) is 17.4 Å². The second kappa shape index (κ2) is 8.86. The van der Waals surface area contributed by atoms with Gasteiger partial charge < -0.3 is 10.1 Å². The summed E-state index contributed by atoms with van der Waals surface area (Å²) in [5.41, 5.74) is 2.70. The van der Waals surface area contributed by atoms with Gasteiger partial charge in [-0.05, 0) is 57.7 Å². The molecule has 0 bridgehead atoms. The summed E-state index contributed by atoms with van der Waals surface area (Å²) in [7, 11) is 0. The molecular weight excluding hydrogens is 383 g/mol. The lowest BCUT2D eigenvalue weighted by atomic mass is 9.88. The number of likely N-dealkylation sites (tertiary alicyclic amines) is 1. The number of hydrogen-bond acceptors (Lipinski definition) is 4. The second-order valence-electron chi connectivity index (χ2n) is 8.55. The number of halogens is 1. The topological polar surface area (TPSA) is 59.4 Å². The van der Waals surface area contributed by atoms with Crippen molar-refractivity contribution in [3.8, 4) is 0 Å². The van der Waals surface area contributed by atoms with Gasteiger partial charge in [-0.25, -0.2) is 4.39 Å². The number of amides is 1. The minimum absolute atomic E-state index is 0.0269. The summed E-state index contributed by atoms with van der Waals surface area (Å²) in [6, 6.07) is 5.77. The zero-order chi connectivity index (χ0) is 21.1. The molecule has 7 heteroatoms. The lowest BCUT2D eigenvalue weighted by molar-refractivity contribution is -0.0764. The van der Waals surface area contributed by atoms with Crippen LogP contribution in [0.1, 0.15) is 54.2 Å². The zero-order valence-corrected chi connectivity index (χ0v) is 17.9. The van der Waals surface area contributed by atoms with Crippen LogP contribution in [0, 0.1) is 12.7 Å². The van der Waals surface area contributed by atoms with Crippen molar-refractivity contribution >= 4 is 5.91 Å². The number of ether oxygens (including phenoxy) is 1. The van der Waals surface area contributed by atoms with Crippen molar-refractivity contribution < 1.29 is 13.9 Å². The molecule has 162 valence electrons. The highest BCUT2D eigenvalue weighted by Gasteiger charge is 2.42. The fourth-order valence-corrected chi connectivity index (χ4v) is 4.58. The van der Waals surface area contributed by atoms with Crippen molar-refractivity contribution in [1.29, 1.82) is 0 Å². The molecule has 2 aliphatic rings. The van der Waals surface area contributed by atoms with Crippen LogP contribution in [-0.4, -0.2) is 51.9 Å². The van der Waals surface area contributed by atoms with E-state index in [0.717, 1.165) is 57.6 Å². The first-order valence-corrected chi connectivity index (χ1v) is 10.9. The van der Waals surface area contributed by atoms with Gasteiger partial charge in [-0.15, -0.1) is 0 Å². The van der Waals surface area contributed by atoms with E-state index in [2.05, 4.69) is 35.4 Å². The van der Waals surface area contributed by atoms with Gasteiger partial charge in [-0.2, -0.15) is 5.10 Å². The van der Waals surface area contributed by atoms with E-state index in [1.165, 1.54) is 17.7 Å². The Morgan fingerprint density at radius 2 is 2.13 bits per heavy atom. The average Bonchev–Trinajstić information content (AvgIpc) is 3.31. The van der Waals surface area contributed by atoms with Crippen molar-refractivity contribution in [2.45, 2.75) is 64.3 Å². The third kappa shape index (κ3) is 4.73. The molecule has 1 atom stereocenters. The van der Waals surface area contributed by atoms with Crippen molar-refractivity contribution in [1.82, 2.24) is 20.0 Å². The first-order chi connectivity index (χ1) is 14.5. The molecule has 1 N–H and O–H groups in total. The fourth-order valence-electron chi connectivity index (χ4n) is 4.58. The van der Waals surface area contributed by atoms with Crippen LogP contribution in [-0.2, 0) is 17.8 Å². The zero-order valence-electron chi connectivity index (χ0n) is 17.9. The van der Waals surface area contributed by atoms with E-state index >= 15 is 0 Å². The molecule has 6 nitrogen and oxygen atoms in total. The van der Waals surface area contributed by atoms with Crippen LogP contribution in [0.5, 0.6) is 0 Å². The van der Waals surface area contributed by atoms with Gasteiger partial charge in [0.25, 0.3) is 5.91 Å². The predicted molar refractivity (Wildman–Crippen MR) is 113 cm³/mol. The Bertz CT molecular complexity index is 889. The number of rotatable bonds is 6. The third-order valence-electron chi connectivity index (χ3n) is 6.45. The number of carbonyl (C=O) groups is 1. The molecule has 2 fully saturated rings. The number of nitrogens with zero attached hydrogens (tertiary/aromatic N) is 3. The molecule has 1 spiro atoms. The Morgan fingerprint density at radius 3 is 2.83 bits per heavy atom. The van der Waals surface area contributed by atoms with Gasteiger partial charge in [-0.3, -0.25) is 14.4 Å². The molecule has 2 saturated heterocycles. The van der Waals surface area contributed by atoms with Gasteiger partial charge >= 0.3 is 0 Å². The molecule has 0 radical (unpaired) electrons. The third-order valence-corrected chi connectivity index (χ3v) is 6.45. The Hall–Kier alpha value is -2.25. The summed E-state index contributed by atoms with van der Waals surface area (Å²) in [5.74, 6) is -0.653. The van der Waals surface area contributed by atoms with Crippen molar-refractivity contribution in [2.75, 3.05) is 19.6 Å². The van der Waals surface area contributed by atoms with E-state index < -0.39 is 5.82 Å².